The van der Waals surface area contributed by atoms with Crippen LogP contribution in [0, 0.1) is 17.7 Å². The van der Waals surface area contributed by atoms with Crippen LogP contribution >= 0.6 is 0 Å². The highest BCUT2D eigenvalue weighted by Crippen LogP contribution is 2.49. The molecular formula is C28H27FO5. The zero-order valence-corrected chi connectivity index (χ0v) is 19.2. The van der Waals surface area contributed by atoms with Gasteiger partial charge < -0.3 is 19.3 Å². The maximum absolute atomic E-state index is 14.3. The van der Waals surface area contributed by atoms with Gasteiger partial charge in [0.05, 0.1) is 13.0 Å². The predicted octanol–water partition coefficient (Wildman–Crippen LogP) is 6.23. The molecule has 3 atom stereocenters. The first kappa shape index (κ1) is 22.3. The normalized spacial score (nSPS) is 18.7. The van der Waals surface area contributed by atoms with Crippen LogP contribution in [0.2, 0.25) is 0 Å². The van der Waals surface area contributed by atoms with Crippen molar-refractivity contribution in [2.75, 3.05) is 13.7 Å². The minimum atomic E-state index is -0.780. The Labute approximate surface area is 198 Å². The van der Waals surface area contributed by atoms with E-state index in [1.54, 1.807) is 26.2 Å². The number of halogens is 1. The molecule has 1 N–H and O–H groups in total. The standard InChI is InChI=1S/C28H27FO5/c1-16(28(30)31)27(19-7-8-19)20-9-12-24-25(13-20)34-26(15-33-24)18-5-3-17(4-6-18)22-14-21(32-2)10-11-23(22)29/h3-6,9-14,16,19,26-27H,7-8,15H2,1-2H3,(H,30,31)/t16-,26?,27-/m0/s1. The number of carboxylic acid groups (broad SMARTS) is 1. The van der Waals surface area contributed by atoms with Crippen molar-refractivity contribution in [3.05, 3.63) is 77.6 Å². The lowest BCUT2D eigenvalue weighted by Gasteiger charge is -2.29. The number of carboxylic acids is 1. The lowest BCUT2D eigenvalue weighted by Crippen LogP contribution is -2.23. The summed E-state index contributed by atoms with van der Waals surface area (Å²) in [4.78, 5) is 11.7. The SMILES string of the molecule is COc1ccc(F)c(-c2ccc(C3COc4ccc([C@H](C5CC5)[C@H](C)C(=O)O)cc4O3)cc2)c1. The van der Waals surface area contributed by atoms with Crippen LogP contribution in [-0.2, 0) is 4.79 Å². The molecule has 176 valence electrons. The molecule has 6 heteroatoms. The molecule has 34 heavy (non-hydrogen) atoms. The highest BCUT2D eigenvalue weighted by molar-refractivity contribution is 5.71. The predicted molar refractivity (Wildman–Crippen MR) is 126 cm³/mol. The van der Waals surface area contributed by atoms with Crippen molar-refractivity contribution in [3.63, 3.8) is 0 Å². The van der Waals surface area contributed by atoms with Gasteiger partial charge in [-0.25, -0.2) is 4.39 Å². The summed E-state index contributed by atoms with van der Waals surface area (Å²) in [6.45, 7) is 2.13. The topological polar surface area (TPSA) is 65.0 Å². The van der Waals surface area contributed by atoms with Gasteiger partial charge in [0.25, 0.3) is 0 Å². The molecule has 5 nitrogen and oxygen atoms in total. The highest BCUT2D eigenvalue weighted by atomic mass is 19.1. The molecule has 5 rings (SSSR count). The average Bonchev–Trinajstić information content (AvgIpc) is 3.69. The van der Waals surface area contributed by atoms with E-state index in [0.717, 1.165) is 29.5 Å². The number of fused-ring (bicyclic) bond motifs is 1. The van der Waals surface area contributed by atoms with Gasteiger partial charge in [-0.2, -0.15) is 0 Å². The van der Waals surface area contributed by atoms with Gasteiger partial charge in [0, 0.05) is 5.56 Å². The zero-order chi connectivity index (χ0) is 23.8. The molecule has 1 heterocycles. The number of benzene rings is 3. The van der Waals surface area contributed by atoms with Gasteiger partial charge in [0.1, 0.15) is 18.2 Å². The number of hydrogen-bond acceptors (Lipinski definition) is 4. The van der Waals surface area contributed by atoms with E-state index >= 15 is 0 Å². The molecular weight excluding hydrogens is 435 g/mol. The Hall–Kier alpha value is -3.54. The Bertz CT molecular complexity index is 1200. The number of aliphatic carboxylic acids is 1. The number of hydrogen-bond donors (Lipinski definition) is 1. The fraction of sp³-hybridized carbons (Fsp3) is 0.321. The second kappa shape index (κ2) is 9.01. The molecule has 3 aromatic carbocycles. The van der Waals surface area contributed by atoms with Crippen molar-refractivity contribution in [3.8, 4) is 28.4 Å². The number of methoxy groups -OCH3 is 1. The molecule has 1 fully saturated rings. The smallest absolute Gasteiger partial charge is 0.306 e. The third-order valence-corrected chi connectivity index (χ3v) is 6.84. The van der Waals surface area contributed by atoms with E-state index in [9.17, 15) is 14.3 Å². The largest absolute Gasteiger partial charge is 0.497 e. The lowest BCUT2D eigenvalue weighted by atomic mass is 9.83. The fourth-order valence-corrected chi connectivity index (χ4v) is 4.77. The molecule has 3 aromatic rings. The lowest BCUT2D eigenvalue weighted by molar-refractivity contribution is -0.142. The third-order valence-electron chi connectivity index (χ3n) is 6.84. The van der Waals surface area contributed by atoms with Gasteiger partial charge in [-0.05, 0) is 71.7 Å². The molecule has 0 aromatic heterocycles. The maximum Gasteiger partial charge on any atom is 0.306 e. The monoisotopic (exact) mass is 462 g/mol. The van der Waals surface area contributed by atoms with Crippen LogP contribution in [0.15, 0.2) is 60.7 Å². The minimum absolute atomic E-state index is 0.0381. The fourth-order valence-electron chi connectivity index (χ4n) is 4.77. The summed E-state index contributed by atoms with van der Waals surface area (Å²) in [7, 11) is 1.55. The summed E-state index contributed by atoms with van der Waals surface area (Å²) in [5.74, 6) is 0.685. The van der Waals surface area contributed by atoms with E-state index < -0.39 is 11.9 Å². The van der Waals surface area contributed by atoms with Crippen LogP contribution in [0.3, 0.4) is 0 Å². The van der Waals surface area contributed by atoms with Gasteiger partial charge in [-0.15, -0.1) is 0 Å². The molecule has 0 saturated heterocycles. The first-order chi connectivity index (χ1) is 16.4. The molecule has 1 aliphatic heterocycles. The Morgan fingerprint density at radius 1 is 1.06 bits per heavy atom. The molecule has 0 bridgehead atoms. The van der Waals surface area contributed by atoms with Crippen molar-refractivity contribution in [1.82, 2.24) is 0 Å². The van der Waals surface area contributed by atoms with Gasteiger partial charge in [0.2, 0.25) is 0 Å². The molecule has 2 aliphatic rings. The molecule has 1 aliphatic carbocycles. The molecule has 1 saturated carbocycles. The Morgan fingerprint density at radius 3 is 2.50 bits per heavy atom. The average molecular weight is 463 g/mol. The van der Waals surface area contributed by atoms with E-state index in [0.29, 0.717) is 35.3 Å². The van der Waals surface area contributed by atoms with Crippen LogP contribution in [-0.4, -0.2) is 24.8 Å². The summed E-state index contributed by atoms with van der Waals surface area (Å²) < 4.78 is 31.8. The summed E-state index contributed by atoms with van der Waals surface area (Å²) in [5.41, 5.74) is 3.11. The van der Waals surface area contributed by atoms with Crippen molar-refractivity contribution in [2.45, 2.75) is 31.8 Å². The van der Waals surface area contributed by atoms with E-state index in [1.807, 2.05) is 42.5 Å². The number of carbonyl (C=O) groups is 1. The highest BCUT2D eigenvalue weighted by Gasteiger charge is 2.39. The van der Waals surface area contributed by atoms with E-state index in [-0.39, 0.29) is 17.8 Å². The second-order valence-electron chi connectivity index (χ2n) is 9.08. The van der Waals surface area contributed by atoms with E-state index in [1.165, 1.54) is 6.07 Å². The molecule has 1 unspecified atom stereocenters. The Balaban J connectivity index is 1.37. The van der Waals surface area contributed by atoms with E-state index in [4.69, 9.17) is 14.2 Å². The van der Waals surface area contributed by atoms with E-state index in [2.05, 4.69) is 0 Å². The molecule has 0 amide bonds. The maximum atomic E-state index is 14.3. The summed E-state index contributed by atoms with van der Waals surface area (Å²) >= 11 is 0. The van der Waals surface area contributed by atoms with Gasteiger partial charge in [0.15, 0.2) is 17.6 Å². The van der Waals surface area contributed by atoms with Crippen molar-refractivity contribution in [1.29, 1.82) is 0 Å². The Morgan fingerprint density at radius 2 is 1.82 bits per heavy atom. The van der Waals surface area contributed by atoms with Crippen molar-refractivity contribution >= 4 is 5.97 Å². The van der Waals surface area contributed by atoms with Crippen molar-refractivity contribution in [2.24, 2.45) is 11.8 Å². The molecule has 0 radical (unpaired) electrons. The third kappa shape index (κ3) is 4.32. The number of ether oxygens (including phenoxy) is 3. The van der Waals surface area contributed by atoms with Crippen LogP contribution in [0.5, 0.6) is 17.2 Å². The van der Waals surface area contributed by atoms with Crippen LogP contribution in [0.25, 0.3) is 11.1 Å². The van der Waals surface area contributed by atoms with Gasteiger partial charge in [-0.1, -0.05) is 37.3 Å². The first-order valence-electron chi connectivity index (χ1n) is 11.5. The number of rotatable bonds is 7. The van der Waals surface area contributed by atoms with Crippen LogP contribution < -0.4 is 14.2 Å². The van der Waals surface area contributed by atoms with Crippen LogP contribution in [0.1, 0.15) is 42.9 Å². The van der Waals surface area contributed by atoms with Gasteiger partial charge >= 0.3 is 5.97 Å². The zero-order valence-electron chi connectivity index (χ0n) is 19.2. The van der Waals surface area contributed by atoms with Gasteiger partial charge in [-0.3, -0.25) is 4.79 Å². The summed E-state index contributed by atoms with van der Waals surface area (Å²) in [6, 6.07) is 18.0. The summed E-state index contributed by atoms with van der Waals surface area (Å²) in [6.07, 6.45) is 1.79. The quantitative estimate of drug-likeness (QED) is 0.451. The van der Waals surface area contributed by atoms with Crippen molar-refractivity contribution < 1.29 is 28.5 Å². The van der Waals surface area contributed by atoms with Crippen LogP contribution in [0.4, 0.5) is 4.39 Å². The first-order valence-corrected chi connectivity index (χ1v) is 11.5. The summed E-state index contributed by atoms with van der Waals surface area (Å²) in [5, 5.41) is 9.58. The molecule has 0 spiro atoms. The second-order valence-corrected chi connectivity index (χ2v) is 9.08. The minimum Gasteiger partial charge on any atom is -0.497 e. The Kier molecular flexibility index (Phi) is 5.90.